The number of H-pyrrole nitrogens is 1. The number of carbonyl (C=O) groups is 1. The van der Waals surface area contributed by atoms with E-state index in [2.05, 4.69) is 47.8 Å². The Balaban J connectivity index is 1.38. The van der Waals surface area contributed by atoms with Gasteiger partial charge in [-0.3, -0.25) is 9.59 Å². The number of amides is 1. The fourth-order valence-corrected chi connectivity index (χ4v) is 5.91. The summed E-state index contributed by atoms with van der Waals surface area (Å²) in [4.78, 5) is 39.3. The Morgan fingerprint density at radius 3 is 2.62 bits per heavy atom. The first kappa shape index (κ1) is 22.9. The molecular weight excluding hydrogens is 440 g/mol. The molecule has 0 aliphatic carbocycles. The van der Waals surface area contributed by atoms with Crippen molar-refractivity contribution in [3.63, 3.8) is 0 Å². The summed E-state index contributed by atoms with van der Waals surface area (Å²) in [5, 5.41) is 1.25. The highest BCUT2D eigenvalue weighted by Crippen LogP contribution is 2.30. The molecule has 1 aromatic carbocycles. The van der Waals surface area contributed by atoms with Gasteiger partial charge in [-0.05, 0) is 37.0 Å². The molecule has 170 valence electrons. The first-order valence-corrected chi connectivity index (χ1v) is 13.0. The SMILES string of the molecule is CCC(C)Cc1c(C)sc2nc(SCC(=O)N3CCN(c4ccccc4)CC3)[nH]c(=O)c12. The van der Waals surface area contributed by atoms with Crippen LogP contribution in [0.5, 0.6) is 0 Å². The van der Waals surface area contributed by atoms with E-state index >= 15 is 0 Å². The summed E-state index contributed by atoms with van der Waals surface area (Å²) in [6.07, 6.45) is 1.98. The van der Waals surface area contributed by atoms with Gasteiger partial charge in [0.2, 0.25) is 5.91 Å². The maximum Gasteiger partial charge on any atom is 0.260 e. The van der Waals surface area contributed by atoms with E-state index in [-0.39, 0.29) is 17.2 Å². The predicted octanol–water partition coefficient (Wildman–Crippen LogP) is 4.32. The fourth-order valence-electron chi connectivity index (χ4n) is 4.04. The Labute approximate surface area is 197 Å². The molecule has 6 nitrogen and oxygen atoms in total. The minimum absolute atomic E-state index is 0.0882. The maximum absolute atomic E-state index is 12.8. The molecule has 1 amide bonds. The van der Waals surface area contributed by atoms with Crippen LogP contribution in [-0.4, -0.2) is 52.7 Å². The highest BCUT2D eigenvalue weighted by atomic mass is 32.2. The Bertz CT molecular complexity index is 1130. The number of carbonyl (C=O) groups excluding carboxylic acids is 1. The minimum atomic E-state index is -0.0934. The van der Waals surface area contributed by atoms with E-state index in [0.717, 1.165) is 46.6 Å². The second-order valence-corrected chi connectivity index (χ2v) is 10.6. The zero-order valence-corrected chi connectivity index (χ0v) is 20.5. The number of para-hydroxylation sites is 1. The Hall–Kier alpha value is -2.32. The van der Waals surface area contributed by atoms with Gasteiger partial charge in [0.05, 0.1) is 11.1 Å². The highest BCUT2D eigenvalue weighted by Gasteiger charge is 2.22. The van der Waals surface area contributed by atoms with Gasteiger partial charge in [-0.1, -0.05) is 50.2 Å². The van der Waals surface area contributed by atoms with Crippen molar-refractivity contribution in [2.75, 3.05) is 36.8 Å². The molecule has 8 heteroatoms. The lowest BCUT2D eigenvalue weighted by Gasteiger charge is -2.36. The third-order valence-electron chi connectivity index (χ3n) is 6.18. The van der Waals surface area contributed by atoms with Crippen molar-refractivity contribution in [1.29, 1.82) is 0 Å². The average molecular weight is 471 g/mol. The third-order valence-corrected chi connectivity index (χ3v) is 8.08. The van der Waals surface area contributed by atoms with Crippen LogP contribution >= 0.6 is 23.1 Å². The number of piperazine rings is 1. The van der Waals surface area contributed by atoms with Gasteiger partial charge >= 0.3 is 0 Å². The molecular formula is C24H30N4O2S2. The van der Waals surface area contributed by atoms with E-state index in [1.807, 2.05) is 23.1 Å². The Morgan fingerprint density at radius 2 is 1.94 bits per heavy atom. The van der Waals surface area contributed by atoms with Gasteiger partial charge in [-0.15, -0.1) is 11.3 Å². The number of aromatic amines is 1. The number of thiophene rings is 1. The van der Waals surface area contributed by atoms with Crippen LogP contribution in [0.3, 0.4) is 0 Å². The molecule has 3 heterocycles. The van der Waals surface area contributed by atoms with Crippen molar-refractivity contribution < 1.29 is 4.79 Å². The molecule has 1 aliphatic heterocycles. The molecule has 1 saturated heterocycles. The Kier molecular flexibility index (Phi) is 7.20. The minimum Gasteiger partial charge on any atom is -0.368 e. The molecule has 3 aromatic rings. The van der Waals surface area contributed by atoms with Gasteiger partial charge in [0.25, 0.3) is 5.56 Å². The summed E-state index contributed by atoms with van der Waals surface area (Å²) in [5.41, 5.74) is 2.23. The van der Waals surface area contributed by atoms with Crippen molar-refractivity contribution >= 4 is 44.9 Å². The predicted molar refractivity (Wildman–Crippen MR) is 134 cm³/mol. The van der Waals surface area contributed by atoms with E-state index in [1.54, 1.807) is 11.3 Å². The van der Waals surface area contributed by atoms with E-state index in [4.69, 9.17) is 0 Å². The second kappa shape index (κ2) is 10.1. The summed E-state index contributed by atoms with van der Waals surface area (Å²) < 4.78 is 0. The number of nitrogens with zero attached hydrogens (tertiary/aromatic N) is 3. The third kappa shape index (κ3) is 5.02. The van der Waals surface area contributed by atoms with Crippen LogP contribution in [0.1, 0.15) is 30.7 Å². The molecule has 1 N–H and O–H groups in total. The summed E-state index contributed by atoms with van der Waals surface area (Å²) in [6.45, 7) is 9.52. The van der Waals surface area contributed by atoms with E-state index in [1.165, 1.54) is 17.4 Å². The zero-order chi connectivity index (χ0) is 22.7. The molecule has 4 rings (SSSR count). The quantitative estimate of drug-likeness (QED) is 0.411. The molecule has 2 aromatic heterocycles. The molecule has 1 aliphatic rings. The van der Waals surface area contributed by atoms with Crippen molar-refractivity contribution in [1.82, 2.24) is 14.9 Å². The smallest absolute Gasteiger partial charge is 0.260 e. The Morgan fingerprint density at radius 1 is 1.22 bits per heavy atom. The second-order valence-electron chi connectivity index (χ2n) is 8.40. The van der Waals surface area contributed by atoms with Crippen LogP contribution in [0.25, 0.3) is 10.2 Å². The largest absolute Gasteiger partial charge is 0.368 e. The number of aromatic nitrogens is 2. The van der Waals surface area contributed by atoms with Gasteiger partial charge in [0.1, 0.15) is 4.83 Å². The average Bonchev–Trinajstić information content (AvgIpc) is 3.13. The molecule has 0 bridgehead atoms. The normalized spacial score (nSPS) is 15.3. The number of hydrogen-bond donors (Lipinski definition) is 1. The van der Waals surface area contributed by atoms with Crippen molar-refractivity contribution in [2.24, 2.45) is 5.92 Å². The van der Waals surface area contributed by atoms with E-state index in [0.29, 0.717) is 24.2 Å². The van der Waals surface area contributed by atoms with Crippen LogP contribution in [-0.2, 0) is 11.2 Å². The van der Waals surface area contributed by atoms with Gasteiger partial charge in [0, 0.05) is 36.7 Å². The van der Waals surface area contributed by atoms with Gasteiger partial charge in [0.15, 0.2) is 5.16 Å². The number of fused-ring (bicyclic) bond motifs is 1. The van der Waals surface area contributed by atoms with Crippen LogP contribution in [0.15, 0.2) is 40.3 Å². The van der Waals surface area contributed by atoms with Crippen molar-refractivity contribution in [3.05, 3.63) is 51.1 Å². The number of thioether (sulfide) groups is 1. The van der Waals surface area contributed by atoms with Gasteiger partial charge in [-0.2, -0.15) is 0 Å². The summed E-state index contributed by atoms with van der Waals surface area (Å²) in [5.74, 6) is 0.898. The zero-order valence-electron chi connectivity index (χ0n) is 18.9. The van der Waals surface area contributed by atoms with Gasteiger partial charge in [-0.25, -0.2) is 4.98 Å². The summed E-state index contributed by atoms with van der Waals surface area (Å²) in [7, 11) is 0. The van der Waals surface area contributed by atoms with Crippen LogP contribution in [0, 0.1) is 12.8 Å². The fraction of sp³-hybridized carbons (Fsp3) is 0.458. The lowest BCUT2D eigenvalue weighted by atomic mass is 9.98. The summed E-state index contributed by atoms with van der Waals surface area (Å²) in [6, 6.07) is 10.3. The molecule has 1 atom stereocenters. The number of nitrogens with one attached hydrogen (secondary N) is 1. The molecule has 1 unspecified atom stereocenters. The molecule has 0 radical (unpaired) electrons. The molecule has 1 fully saturated rings. The number of aryl methyl sites for hydroxylation is 1. The first-order chi connectivity index (χ1) is 15.5. The van der Waals surface area contributed by atoms with Crippen LogP contribution < -0.4 is 10.5 Å². The number of benzene rings is 1. The lowest BCUT2D eigenvalue weighted by Crippen LogP contribution is -2.49. The molecule has 0 spiro atoms. The van der Waals surface area contributed by atoms with Crippen LogP contribution in [0.2, 0.25) is 0 Å². The van der Waals surface area contributed by atoms with E-state index in [9.17, 15) is 9.59 Å². The number of hydrogen-bond acceptors (Lipinski definition) is 6. The monoisotopic (exact) mass is 470 g/mol. The topological polar surface area (TPSA) is 69.3 Å². The number of rotatable bonds is 7. The molecule has 32 heavy (non-hydrogen) atoms. The number of anilines is 1. The first-order valence-electron chi connectivity index (χ1n) is 11.2. The van der Waals surface area contributed by atoms with E-state index < -0.39 is 0 Å². The molecule has 0 saturated carbocycles. The van der Waals surface area contributed by atoms with Crippen molar-refractivity contribution in [3.8, 4) is 0 Å². The van der Waals surface area contributed by atoms with Crippen LogP contribution in [0.4, 0.5) is 5.69 Å². The summed E-state index contributed by atoms with van der Waals surface area (Å²) >= 11 is 2.89. The maximum atomic E-state index is 12.8. The highest BCUT2D eigenvalue weighted by molar-refractivity contribution is 7.99. The lowest BCUT2D eigenvalue weighted by molar-refractivity contribution is -0.128. The van der Waals surface area contributed by atoms with Gasteiger partial charge < -0.3 is 14.8 Å². The standard InChI is InChI=1S/C24H30N4O2S2/c1-4-16(2)14-19-17(3)32-23-21(19)22(30)25-24(26-23)31-15-20(29)28-12-10-27(11-13-28)18-8-6-5-7-9-18/h5-9,16H,4,10-15H2,1-3H3,(H,25,26,30). The van der Waals surface area contributed by atoms with Crippen molar-refractivity contribution in [2.45, 2.75) is 38.8 Å².